The molecule has 2 amide bonds. The zero-order valence-electron chi connectivity index (χ0n) is 23.0. The van der Waals surface area contributed by atoms with E-state index in [0.717, 1.165) is 87.5 Å². The number of ether oxygens (including phenoxy) is 1. The van der Waals surface area contributed by atoms with Crippen molar-refractivity contribution in [1.82, 2.24) is 19.3 Å². The molecule has 2 fully saturated rings. The van der Waals surface area contributed by atoms with Gasteiger partial charge in [-0.3, -0.25) is 9.59 Å². The van der Waals surface area contributed by atoms with Crippen molar-refractivity contribution in [3.05, 3.63) is 71.1 Å². The lowest BCUT2D eigenvalue weighted by atomic mass is 10.0. The van der Waals surface area contributed by atoms with E-state index in [-0.39, 0.29) is 5.91 Å². The highest BCUT2D eigenvalue weighted by molar-refractivity contribution is 5.95. The Labute approximate surface area is 226 Å². The van der Waals surface area contributed by atoms with Crippen molar-refractivity contribution in [1.29, 1.82) is 0 Å². The number of nitrogens with two attached hydrogens (primary N) is 1. The van der Waals surface area contributed by atoms with Crippen molar-refractivity contribution < 1.29 is 14.3 Å². The molecule has 2 aliphatic heterocycles. The Morgan fingerprint density at radius 2 is 1.82 bits per heavy atom. The molecule has 0 unspecified atom stereocenters. The highest BCUT2D eigenvalue weighted by Gasteiger charge is 2.23. The minimum absolute atomic E-state index is 0.109. The third-order valence-electron chi connectivity index (χ3n) is 7.97. The summed E-state index contributed by atoms with van der Waals surface area (Å²) in [5.74, 6) is 0.451. The second-order valence-electron chi connectivity index (χ2n) is 10.4. The maximum absolute atomic E-state index is 13.1. The molecule has 2 saturated heterocycles. The first kappa shape index (κ1) is 27.7. The number of primary amides is 1. The SMILES string of the molecule is C=C(/C=C\c1ccn(C2CCN(CCc3cc(C(=O)N4CCN(C)CC4)ccc3OC)CC2)c1C)C(N)=O. The van der Waals surface area contributed by atoms with Crippen LogP contribution in [0.1, 0.15) is 46.1 Å². The summed E-state index contributed by atoms with van der Waals surface area (Å²) >= 11 is 0. The Morgan fingerprint density at radius 1 is 1.11 bits per heavy atom. The normalized spacial score (nSPS) is 17.7. The highest BCUT2D eigenvalue weighted by atomic mass is 16.5. The van der Waals surface area contributed by atoms with Gasteiger partial charge in [-0.15, -0.1) is 0 Å². The van der Waals surface area contributed by atoms with Crippen molar-refractivity contribution in [2.45, 2.75) is 32.2 Å². The minimum atomic E-state index is -0.503. The maximum atomic E-state index is 13.1. The number of aromatic nitrogens is 1. The number of nitrogens with zero attached hydrogens (tertiary/aromatic N) is 4. The summed E-state index contributed by atoms with van der Waals surface area (Å²) in [5, 5.41) is 0. The van der Waals surface area contributed by atoms with Gasteiger partial charge in [-0.25, -0.2) is 0 Å². The standard InChI is InChI=1S/C30H41N5O3/c1-22(29(31)36)5-6-24-10-16-35(23(24)2)27-11-14-33(15-12-27)13-9-25-21-26(7-8-28(25)38-4)30(37)34-19-17-32(3)18-20-34/h5-8,10,16,21,27H,1,9,11-15,17-20H2,2-4H3,(H2,31,36)/b6-5-. The Bertz CT molecular complexity index is 1180. The first-order valence-electron chi connectivity index (χ1n) is 13.5. The molecule has 0 radical (unpaired) electrons. The van der Waals surface area contributed by atoms with E-state index in [0.29, 0.717) is 11.6 Å². The van der Waals surface area contributed by atoms with Crippen molar-refractivity contribution in [3.63, 3.8) is 0 Å². The molecule has 3 heterocycles. The molecular formula is C30H41N5O3. The number of hydrogen-bond donors (Lipinski definition) is 1. The molecule has 8 heteroatoms. The summed E-state index contributed by atoms with van der Waals surface area (Å²) in [6.45, 7) is 12.1. The molecule has 0 spiro atoms. The van der Waals surface area contributed by atoms with E-state index in [9.17, 15) is 9.59 Å². The minimum Gasteiger partial charge on any atom is -0.496 e. The molecule has 38 heavy (non-hydrogen) atoms. The van der Waals surface area contributed by atoms with E-state index in [1.54, 1.807) is 13.2 Å². The molecule has 2 aromatic rings. The van der Waals surface area contributed by atoms with Crippen LogP contribution in [0.4, 0.5) is 0 Å². The number of piperidine rings is 1. The largest absolute Gasteiger partial charge is 0.496 e. The smallest absolute Gasteiger partial charge is 0.253 e. The second-order valence-corrected chi connectivity index (χ2v) is 10.4. The average Bonchev–Trinajstić information content (AvgIpc) is 3.30. The monoisotopic (exact) mass is 519 g/mol. The third-order valence-corrected chi connectivity index (χ3v) is 7.97. The van der Waals surface area contributed by atoms with Gasteiger partial charge in [-0.1, -0.05) is 12.7 Å². The molecule has 1 aromatic heterocycles. The first-order valence-corrected chi connectivity index (χ1v) is 13.5. The molecule has 0 aliphatic carbocycles. The Kier molecular flexibility index (Phi) is 9.07. The van der Waals surface area contributed by atoms with Gasteiger partial charge in [0, 0.05) is 74.9 Å². The van der Waals surface area contributed by atoms with Crippen molar-refractivity contribution in [2.75, 3.05) is 60.0 Å². The zero-order valence-corrected chi connectivity index (χ0v) is 23.0. The van der Waals surface area contributed by atoms with Gasteiger partial charge in [0.25, 0.3) is 5.91 Å². The van der Waals surface area contributed by atoms with E-state index in [2.05, 4.69) is 47.2 Å². The fourth-order valence-electron chi connectivity index (χ4n) is 5.39. The van der Waals surface area contributed by atoms with Gasteiger partial charge < -0.3 is 29.7 Å². The Morgan fingerprint density at radius 3 is 2.47 bits per heavy atom. The number of amides is 2. The number of rotatable bonds is 9. The number of methoxy groups -OCH3 is 1. The second kappa shape index (κ2) is 12.5. The lowest BCUT2D eigenvalue weighted by Crippen LogP contribution is -2.47. The molecule has 4 rings (SSSR count). The fourth-order valence-corrected chi connectivity index (χ4v) is 5.39. The van der Waals surface area contributed by atoms with Crippen LogP contribution >= 0.6 is 0 Å². The highest BCUT2D eigenvalue weighted by Crippen LogP contribution is 2.28. The van der Waals surface area contributed by atoms with Crippen LogP contribution < -0.4 is 10.5 Å². The van der Waals surface area contributed by atoms with Gasteiger partial charge in [0.05, 0.1) is 7.11 Å². The molecule has 204 valence electrons. The molecule has 0 saturated carbocycles. The summed E-state index contributed by atoms with van der Waals surface area (Å²) < 4.78 is 7.98. The first-order chi connectivity index (χ1) is 18.3. The number of hydrogen-bond acceptors (Lipinski definition) is 5. The van der Waals surface area contributed by atoms with E-state index < -0.39 is 5.91 Å². The number of carbonyl (C=O) groups excluding carboxylic acids is 2. The number of likely N-dealkylation sites (N-methyl/N-ethyl adjacent to an activating group) is 1. The molecule has 8 nitrogen and oxygen atoms in total. The van der Waals surface area contributed by atoms with Gasteiger partial charge in [0.2, 0.25) is 5.91 Å². The van der Waals surface area contributed by atoms with Crippen LogP contribution in [0.2, 0.25) is 0 Å². The predicted molar refractivity (Wildman–Crippen MR) is 151 cm³/mol. The van der Waals surface area contributed by atoms with Gasteiger partial charge in [-0.05, 0) is 74.7 Å². The van der Waals surface area contributed by atoms with Crippen LogP contribution in [0.5, 0.6) is 5.75 Å². The maximum Gasteiger partial charge on any atom is 0.253 e. The van der Waals surface area contributed by atoms with Crippen LogP contribution in [-0.4, -0.2) is 91.1 Å². The van der Waals surface area contributed by atoms with Gasteiger partial charge in [0.15, 0.2) is 0 Å². The van der Waals surface area contributed by atoms with Crippen LogP contribution in [0.3, 0.4) is 0 Å². The summed E-state index contributed by atoms with van der Waals surface area (Å²) in [6, 6.07) is 8.38. The van der Waals surface area contributed by atoms with E-state index in [1.165, 1.54) is 5.69 Å². The van der Waals surface area contributed by atoms with Crippen molar-refractivity contribution >= 4 is 17.9 Å². The molecule has 2 aliphatic rings. The number of likely N-dealkylation sites (tertiary alicyclic amines) is 1. The summed E-state index contributed by atoms with van der Waals surface area (Å²) in [4.78, 5) is 31.0. The van der Waals surface area contributed by atoms with E-state index in [1.807, 2.05) is 29.2 Å². The average molecular weight is 520 g/mol. The van der Waals surface area contributed by atoms with Crippen LogP contribution in [0.15, 0.2) is 48.7 Å². The van der Waals surface area contributed by atoms with E-state index >= 15 is 0 Å². The van der Waals surface area contributed by atoms with E-state index in [4.69, 9.17) is 10.5 Å². The van der Waals surface area contributed by atoms with Gasteiger partial charge in [-0.2, -0.15) is 0 Å². The lowest BCUT2D eigenvalue weighted by molar-refractivity contribution is -0.114. The van der Waals surface area contributed by atoms with Crippen molar-refractivity contribution in [2.24, 2.45) is 5.73 Å². The lowest BCUT2D eigenvalue weighted by Gasteiger charge is -2.33. The Balaban J connectivity index is 1.33. The molecule has 0 atom stereocenters. The molecular weight excluding hydrogens is 478 g/mol. The number of piperazine rings is 1. The summed E-state index contributed by atoms with van der Waals surface area (Å²) in [6.07, 6.45) is 8.72. The number of benzene rings is 1. The van der Waals surface area contributed by atoms with Crippen LogP contribution in [0.25, 0.3) is 6.08 Å². The Hall–Kier alpha value is -3.36. The summed E-state index contributed by atoms with van der Waals surface area (Å²) in [5.41, 5.74) is 9.68. The van der Waals surface area contributed by atoms with Crippen LogP contribution in [-0.2, 0) is 11.2 Å². The van der Waals surface area contributed by atoms with Crippen LogP contribution in [0, 0.1) is 6.92 Å². The van der Waals surface area contributed by atoms with Gasteiger partial charge >= 0.3 is 0 Å². The summed E-state index contributed by atoms with van der Waals surface area (Å²) in [7, 11) is 3.79. The molecule has 0 bridgehead atoms. The predicted octanol–water partition coefficient (Wildman–Crippen LogP) is 3.13. The zero-order chi connectivity index (χ0) is 27.2. The van der Waals surface area contributed by atoms with Crippen molar-refractivity contribution in [3.8, 4) is 5.75 Å². The van der Waals surface area contributed by atoms with Gasteiger partial charge in [0.1, 0.15) is 5.75 Å². The quantitative estimate of drug-likeness (QED) is 0.407. The topological polar surface area (TPSA) is 84.0 Å². The third kappa shape index (κ3) is 6.55. The number of carbonyl (C=O) groups is 2. The fraction of sp³-hybridized carbons (Fsp3) is 0.467. The molecule has 2 N–H and O–H groups in total. The molecule has 1 aromatic carbocycles.